The highest BCUT2D eigenvalue weighted by Crippen LogP contribution is 2.17. The number of hydrogen-bond donors (Lipinski definition) is 1. The van der Waals surface area contributed by atoms with E-state index < -0.39 is 0 Å². The predicted octanol–water partition coefficient (Wildman–Crippen LogP) is 2.11. The minimum absolute atomic E-state index is 0.415. The fourth-order valence-electron chi connectivity index (χ4n) is 2.24. The Morgan fingerprint density at radius 1 is 1.00 bits per heavy atom. The lowest BCUT2D eigenvalue weighted by molar-refractivity contribution is 0.0462. The average Bonchev–Trinajstić information content (AvgIpc) is 2.29. The highest BCUT2D eigenvalue weighted by atomic mass is 16.5. The highest BCUT2D eigenvalue weighted by Gasteiger charge is 2.13. The second kappa shape index (κ2) is 5.52. The molecular weight excluding hydrogens is 174 g/mol. The molecule has 2 fully saturated rings. The van der Waals surface area contributed by atoms with Crippen LogP contribution in [0, 0.1) is 5.92 Å². The summed E-state index contributed by atoms with van der Waals surface area (Å²) in [5, 5.41) is 3.39. The molecule has 0 spiro atoms. The molecule has 2 heterocycles. The molecule has 2 rings (SSSR count). The van der Waals surface area contributed by atoms with Crippen LogP contribution < -0.4 is 5.32 Å². The fraction of sp³-hybridized carbons (Fsp3) is 0.833. The van der Waals surface area contributed by atoms with Crippen molar-refractivity contribution in [2.75, 3.05) is 19.7 Å². The lowest BCUT2D eigenvalue weighted by Gasteiger charge is -2.22. The first kappa shape index (κ1) is 10.2. The molecule has 0 aromatic heterocycles. The topological polar surface area (TPSA) is 21.3 Å². The van der Waals surface area contributed by atoms with Crippen molar-refractivity contribution in [2.24, 2.45) is 5.92 Å². The van der Waals surface area contributed by atoms with Crippen LogP contribution in [-0.2, 0) is 4.74 Å². The van der Waals surface area contributed by atoms with Gasteiger partial charge in [-0.2, -0.15) is 0 Å². The Hall–Kier alpha value is -0.340. The zero-order valence-electron chi connectivity index (χ0n) is 8.87. The third-order valence-electron chi connectivity index (χ3n) is 3.20. The van der Waals surface area contributed by atoms with Gasteiger partial charge in [0, 0.05) is 6.61 Å². The van der Waals surface area contributed by atoms with Crippen molar-refractivity contribution < 1.29 is 4.74 Å². The van der Waals surface area contributed by atoms with Crippen LogP contribution in [0.1, 0.15) is 32.1 Å². The van der Waals surface area contributed by atoms with E-state index in [0.717, 1.165) is 12.5 Å². The van der Waals surface area contributed by atoms with Gasteiger partial charge in [-0.3, -0.25) is 0 Å². The zero-order valence-corrected chi connectivity index (χ0v) is 8.87. The lowest BCUT2D eigenvalue weighted by Crippen LogP contribution is -2.27. The van der Waals surface area contributed by atoms with Crippen LogP contribution in [-0.4, -0.2) is 25.8 Å². The molecule has 0 aromatic rings. The van der Waals surface area contributed by atoms with Crippen molar-refractivity contribution >= 4 is 0 Å². The van der Waals surface area contributed by atoms with Crippen LogP contribution in [0.15, 0.2) is 12.2 Å². The summed E-state index contributed by atoms with van der Waals surface area (Å²) in [5.74, 6) is 0.793. The predicted molar refractivity (Wildman–Crippen MR) is 58.3 cm³/mol. The summed E-state index contributed by atoms with van der Waals surface area (Å²) in [6, 6.07) is 0. The molecule has 1 atom stereocenters. The Morgan fingerprint density at radius 3 is 2.57 bits per heavy atom. The minimum Gasteiger partial charge on any atom is -0.374 e. The van der Waals surface area contributed by atoms with Gasteiger partial charge in [-0.25, -0.2) is 0 Å². The van der Waals surface area contributed by atoms with E-state index in [-0.39, 0.29) is 0 Å². The maximum Gasteiger partial charge on any atom is 0.0755 e. The van der Waals surface area contributed by atoms with Crippen molar-refractivity contribution in [1.82, 2.24) is 5.32 Å². The largest absolute Gasteiger partial charge is 0.374 e. The molecule has 0 amide bonds. The molecule has 2 aliphatic heterocycles. The van der Waals surface area contributed by atoms with E-state index in [1.54, 1.807) is 0 Å². The van der Waals surface area contributed by atoms with E-state index in [9.17, 15) is 0 Å². The Balaban J connectivity index is 1.73. The van der Waals surface area contributed by atoms with Gasteiger partial charge in [0.1, 0.15) is 0 Å². The van der Waals surface area contributed by atoms with Gasteiger partial charge in [0.05, 0.1) is 6.10 Å². The van der Waals surface area contributed by atoms with E-state index >= 15 is 0 Å². The van der Waals surface area contributed by atoms with Crippen LogP contribution in [0.25, 0.3) is 0 Å². The maximum atomic E-state index is 5.67. The zero-order chi connectivity index (χ0) is 9.64. The van der Waals surface area contributed by atoms with Crippen LogP contribution in [0.5, 0.6) is 0 Å². The van der Waals surface area contributed by atoms with E-state index in [4.69, 9.17) is 4.74 Å². The van der Waals surface area contributed by atoms with Gasteiger partial charge in [-0.1, -0.05) is 12.2 Å². The first-order valence-electron chi connectivity index (χ1n) is 5.96. The third kappa shape index (κ3) is 3.10. The molecule has 1 unspecified atom stereocenters. The number of nitrogens with one attached hydrogen (secondary N) is 1. The van der Waals surface area contributed by atoms with Crippen molar-refractivity contribution in [3.63, 3.8) is 0 Å². The number of ether oxygens (including phenoxy) is 1. The van der Waals surface area contributed by atoms with E-state index in [2.05, 4.69) is 17.5 Å². The first-order valence-corrected chi connectivity index (χ1v) is 5.96. The number of rotatable bonds is 2. The number of hydrogen-bond acceptors (Lipinski definition) is 2. The van der Waals surface area contributed by atoms with Crippen LogP contribution in [0.2, 0.25) is 0 Å². The molecular formula is C12H21NO. The SMILES string of the molecule is C(=C\C1CCCCO1)/C1CCNCC1. The van der Waals surface area contributed by atoms with Gasteiger partial charge in [0.25, 0.3) is 0 Å². The normalized spacial score (nSPS) is 31.0. The second-order valence-electron chi connectivity index (χ2n) is 4.38. The summed E-state index contributed by atoms with van der Waals surface area (Å²) in [7, 11) is 0. The quantitative estimate of drug-likeness (QED) is 0.681. The number of allylic oxidation sites excluding steroid dienone is 1. The second-order valence-corrected chi connectivity index (χ2v) is 4.38. The third-order valence-corrected chi connectivity index (χ3v) is 3.20. The molecule has 14 heavy (non-hydrogen) atoms. The van der Waals surface area contributed by atoms with E-state index in [1.165, 1.54) is 45.2 Å². The monoisotopic (exact) mass is 195 g/mol. The van der Waals surface area contributed by atoms with Crippen molar-refractivity contribution in [3.8, 4) is 0 Å². The van der Waals surface area contributed by atoms with Crippen molar-refractivity contribution in [3.05, 3.63) is 12.2 Å². The maximum absolute atomic E-state index is 5.67. The molecule has 0 radical (unpaired) electrons. The Labute approximate surface area is 86.7 Å². The Bertz CT molecular complexity index is 159. The molecule has 0 saturated carbocycles. The lowest BCUT2D eigenvalue weighted by atomic mass is 9.96. The van der Waals surface area contributed by atoms with Gasteiger partial charge in [0.15, 0.2) is 0 Å². The molecule has 0 aliphatic carbocycles. The summed E-state index contributed by atoms with van der Waals surface area (Å²) in [5.41, 5.74) is 0. The average molecular weight is 195 g/mol. The molecule has 2 heteroatoms. The van der Waals surface area contributed by atoms with Crippen molar-refractivity contribution in [2.45, 2.75) is 38.2 Å². The minimum atomic E-state index is 0.415. The van der Waals surface area contributed by atoms with Gasteiger partial charge in [-0.15, -0.1) is 0 Å². The molecule has 2 aliphatic rings. The summed E-state index contributed by atoms with van der Waals surface area (Å²) in [6.45, 7) is 3.32. The molecule has 2 nitrogen and oxygen atoms in total. The standard InChI is InChI=1S/C12H21NO/c1-2-10-14-12(3-1)5-4-11-6-8-13-9-7-11/h4-5,11-13H,1-3,6-10H2/b5-4+. The summed E-state index contributed by atoms with van der Waals surface area (Å²) in [4.78, 5) is 0. The first-order chi connectivity index (χ1) is 6.95. The number of piperidine rings is 1. The molecule has 80 valence electrons. The van der Waals surface area contributed by atoms with Gasteiger partial charge >= 0.3 is 0 Å². The molecule has 0 aromatic carbocycles. The van der Waals surface area contributed by atoms with Gasteiger partial charge < -0.3 is 10.1 Å². The van der Waals surface area contributed by atoms with Crippen LogP contribution in [0.4, 0.5) is 0 Å². The van der Waals surface area contributed by atoms with Crippen LogP contribution in [0.3, 0.4) is 0 Å². The summed E-state index contributed by atoms with van der Waals surface area (Å²) >= 11 is 0. The smallest absolute Gasteiger partial charge is 0.0755 e. The van der Waals surface area contributed by atoms with Gasteiger partial charge in [-0.05, 0) is 51.1 Å². The van der Waals surface area contributed by atoms with Gasteiger partial charge in [0.2, 0.25) is 0 Å². The van der Waals surface area contributed by atoms with E-state index in [1.807, 2.05) is 0 Å². The highest BCUT2D eigenvalue weighted by molar-refractivity contribution is 4.96. The molecule has 0 bridgehead atoms. The Morgan fingerprint density at radius 2 is 1.86 bits per heavy atom. The van der Waals surface area contributed by atoms with Crippen LogP contribution >= 0.6 is 0 Å². The Kier molecular flexibility index (Phi) is 4.02. The van der Waals surface area contributed by atoms with Crippen molar-refractivity contribution in [1.29, 1.82) is 0 Å². The van der Waals surface area contributed by atoms with E-state index in [0.29, 0.717) is 6.10 Å². The molecule has 1 N–H and O–H groups in total. The summed E-state index contributed by atoms with van der Waals surface area (Å²) in [6.07, 6.45) is 11.5. The molecule has 2 saturated heterocycles. The fourth-order valence-corrected chi connectivity index (χ4v) is 2.24. The summed E-state index contributed by atoms with van der Waals surface area (Å²) < 4.78 is 5.67.